The number of hydrogen-bond acceptors (Lipinski definition) is 2. The first-order valence-electron chi connectivity index (χ1n) is 6.44. The molecular formula is C14H23O2P. The average molecular weight is 254 g/mol. The predicted molar refractivity (Wildman–Crippen MR) is 74.4 cm³/mol. The summed E-state index contributed by atoms with van der Waals surface area (Å²) in [6, 6.07) is 7.85. The molecule has 1 unspecified atom stereocenters. The molecule has 2 nitrogen and oxygen atoms in total. The van der Waals surface area contributed by atoms with Gasteiger partial charge >= 0.3 is 0 Å². The maximum Gasteiger partial charge on any atom is 0.232 e. The van der Waals surface area contributed by atoms with Gasteiger partial charge in [-0.3, -0.25) is 4.57 Å². The molecule has 0 spiro atoms. The molecule has 0 aliphatic carbocycles. The highest BCUT2D eigenvalue weighted by Crippen LogP contribution is 2.47. The molecule has 1 atom stereocenters. The maximum absolute atomic E-state index is 12.9. The fourth-order valence-corrected chi connectivity index (χ4v) is 4.30. The van der Waals surface area contributed by atoms with Crippen LogP contribution in [0.25, 0.3) is 0 Å². The highest BCUT2D eigenvalue weighted by atomic mass is 31.2. The zero-order valence-electron chi connectivity index (χ0n) is 11.1. The molecule has 0 saturated carbocycles. The molecule has 0 amide bonds. The van der Waals surface area contributed by atoms with Gasteiger partial charge in [0.1, 0.15) is 0 Å². The minimum atomic E-state index is -2.64. The van der Waals surface area contributed by atoms with Crippen LogP contribution < -0.4 is 5.30 Å². The quantitative estimate of drug-likeness (QED) is 0.540. The predicted octanol–water partition coefficient (Wildman–Crippen LogP) is 4.13. The van der Waals surface area contributed by atoms with Crippen LogP contribution in [0.3, 0.4) is 0 Å². The Morgan fingerprint density at radius 1 is 1.18 bits per heavy atom. The Morgan fingerprint density at radius 3 is 2.47 bits per heavy atom. The topological polar surface area (TPSA) is 26.3 Å². The summed E-state index contributed by atoms with van der Waals surface area (Å²) in [5, 5.41) is 0.901. The number of hydrogen-bond donors (Lipinski definition) is 0. The van der Waals surface area contributed by atoms with E-state index in [-0.39, 0.29) is 0 Å². The fraction of sp³-hybridized carbons (Fsp3) is 0.571. The molecule has 0 bridgehead atoms. The Bertz CT molecular complexity index is 388. The minimum Gasteiger partial charge on any atom is -0.325 e. The second-order valence-corrected chi connectivity index (χ2v) is 6.90. The van der Waals surface area contributed by atoms with E-state index in [9.17, 15) is 4.57 Å². The van der Waals surface area contributed by atoms with E-state index in [4.69, 9.17) is 4.52 Å². The van der Waals surface area contributed by atoms with E-state index in [1.165, 1.54) is 0 Å². The van der Waals surface area contributed by atoms with Crippen LogP contribution in [0, 0.1) is 6.92 Å². The molecule has 1 aromatic rings. The highest BCUT2D eigenvalue weighted by Gasteiger charge is 2.26. The maximum atomic E-state index is 12.9. The fourth-order valence-electron chi connectivity index (χ4n) is 1.85. The van der Waals surface area contributed by atoms with Gasteiger partial charge in [-0.1, -0.05) is 38.5 Å². The second kappa shape index (κ2) is 6.98. The van der Waals surface area contributed by atoms with Crippen LogP contribution in [-0.4, -0.2) is 12.8 Å². The van der Waals surface area contributed by atoms with Gasteiger partial charge in [0.2, 0.25) is 7.37 Å². The molecule has 0 aromatic heterocycles. The molecular weight excluding hydrogens is 231 g/mol. The first-order chi connectivity index (χ1) is 8.14. The smallest absolute Gasteiger partial charge is 0.232 e. The third-order valence-electron chi connectivity index (χ3n) is 2.80. The van der Waals surface area contributed by atoms with Crippen LogP contribution in [0.5, 0.6) is 0 Å². The summed E-state index contributed by atoms with van der Waals surface area (Å²) in [4.78, 5) is 0. The van der Waals surface area contributed by atoms with Crippen molar-refractivity contribution < 1.29 is 9.09 Å². The van der Waals surface area contributed by atoms with Crippen molar-refractivity contribution in [2.75, 3.05) is 12.8 Å². The van der Waals surface area contributed by atoms with Crippen molar-refractivity contribution in [1.82, 2.24) is 0 Å². The van der Waals surface area contributed by atoms with Gasteiger partial charge in [0.05, 0.1) is 6.61 Å². The van der Waals surface area contributed by atoms with E-state index in [0.717, 1.165) is 30.1 Å². The van der Waals surface area contributed by atoms with Gasteiger partial charge in [0.25, 0.3) is 0 Å². The summed E-state index contributed by atoms with van der Waals surface area (Å²) < 4.78 is 18.6. The van der Waals surface area contributed by atoms with Crippen molar-refractivity contribution in [1.29, 1.82) is 0 Å². The Morgan fingerprint density at radius 2 is 1.88 bits per heavy atom. The monoisotopic (exact) mass is 254 g/mol. The van der Waals surface area contributed by atoms with Crippen LogP contribution in [0.1, 0.15) is 38.7 Å². The molecule has 0 aliphatic rings. The second-order valence-electron chi connectivity index (χ2n) is 4.37. The summed E-state index contributed by atoms with van der Waals surface area (Å²) >= 11 is 0. The molecule has 0 radical (unpaired) electrons. The first-order valence-corrected chi connectivity index (χ1v) is 8.25. The van der Waals surface area contributed by atoms with Gasteiger partial charge in [-0.25, -0.2) is 0 Å². The average Bonchev–Trinajstić information content (AvgIpc) is 2.30. The number of benzene rings is 1. The summed E-state index contributed by atoms with van der Waals surface area (Å²) in [7, 11) is -2.64. The number of unbranched alkanes of at least 4 members (excludes halogenated alkanes) is 1. The lowest BCUT2D eigenvalue weighted by Gasteiger charge is -2.20. The van der Waals surface area contributed by atoms with Crippen LogP contribution in [0.15, 0.2) is 24.3 Å². The summed E-state index contributed by atoms with van der Waals surface area (Å²) in [6.45, 7) is 6.76. The Kier molecular flexibility index (Phi) is 5.94. The van der Waals surface area contributed by atoms with Gasteiger partial charge in [-0.05, 0) is 31.4 Å². The third kappa shape index (κ3) is 3.97. The van der Waals surface area contributed by atoms with Gasteiger partial charge in [0.15, 0.2) is 0 Å². The lowest BCUT2D eigenvalue weighted by atomic mass is 10.2. The van der Waals surface area contributed by atoms with Gasteiger partial charge < -0.3 is 4.52 Å². The lowest BCUT2D eigenvalue weighted by Crippen LogP contribution is -2.14. The number of rotatable bonds is 7. The summed E-state index contributed by atoms with van der Waals surface area (Å²) in [6.07, 6.45) is 3.57. The first kappa shape index (κ1) is 14.5. The van der Waals surface area contributed by atoms with E-state index in [0.29, 0.717) is 12.8 Å². The third-order valence-corrected chi connectivity index (χ3v) is 5.67. The molecule has 0 heterocycles. The van der Waals surface area contributed by atoms with Gasteiger partial charge in [-0.2, -0.15) is 0 Å². The van der Waals surface area contributed by atoms with E-state index < -0.39 is 7.37 Å². The SMILES string of the molecule is CCCCOP(=O)(CCC)c1ccccc1C. The van der Waals surface area contributed by atoms with Crippen LogP contribution in [0.2, 0.25) is 0 Å². The Balaban J connectivity index is 2.91. The van der Waals surface area contributed by atoms with Crippen molar-refractivity contribution in [2.45, 2.75) is 40.0 Å². The lowest BCUT2D eigenvalue weighted by molar-refractivity contribution is 0.312. The van der Waals surface area contributed by atoms with E-state index in [1.54, 1.807) is 0 Å². The molecule has 17 heavy (non-hydrogen) atoms. The van der Waals surface area contributed by atoms with Gasteiger partial charge in [-0.15, -0.1) is 0 Å². The van der Waals surface area contributed by atoms with E-state index in [2.05, 4.69) is 6.92 Å². The molecule has 0 N–H and O–H groups in total. The molecule has 0 aliphatic heterocycles. The summed E-state index contributed by atoms with van der Waals surface area (Å²) in [5.74, 6) is 0. The molecule has 3 heteroatoms. The van der Waals surface area contributed by atoms with E-state index >= 15 is 0 Å². The Hall–Kier alpha value is -0.590. The normalized spacial score (nSPS) is 14.5. The van der Waals surface area contributed by atoms with Crippen molar-refractivity contribution in [2.24, 2.45) is 0 Å². The van der Waals surface area contributed by atoms with Crippen LogP contribution >= 0.6 is 7.37 Å². The Labute approximate surface area is 105 Å². The minimum absolute atomic E-state index is 0.599. The molecule has 1 aromatic carbocycles. The molecule has 0 fully saturated rings. The largest absolute Gasteiger partial charge is 0.325 e. The van der Waals surface area contributed by atoms with Crippen LogP contribution in [-0.2, 0) is 9.09 Å². The van der Waals surface area contributed by atoms with Crippen LogP contribution in [0.4, 0.5) is 0 Å². The molecule has 1 rings (SSSR count). The van der Waals surface area contributed by atoms with Crippen molar-refractivity contribution in [3.63, 3.8) is 0 Å². The highest BCUT2D eigenvalue weighted by molar-refractivity contribution is 7.67. The van der Waals surface area contributed by atoms with Crippen molar-refractivity contribution in [3.8, 4) is 0 Å². The zero-order valence-corrected chi connectivity index (χ0v) is 12.0. The summed E-state index contributed by atoms with van der Waals surface area (Å²) in [5.41, 5.74) is 1.07. The number of aryl methyl sites for hydroxylation is 1. The standard InChI is InChI=1S/C14H23O2P/c1-4-6-11-16-17(15,12-5-2)14-10-8-7-9-13(14)3/h7-10H,4-6,11-12H2,1-3H3. The van der Waals surface area contributed by atoms with Crippen molar-refractivity contribution in [3.05, 3.63) is 29.8 Å². The zero-order chi connectivity index (χ0) is 12.7. The molecule has 0 saturated heterocycles. The van der Waals surface area contributed by atoms with E-state index in [1.807, 2.05) is 38.1 Å². The van der Waals surface area contributed by atoms with Gasteiger partial charge in [0, 0.05) is 11.5 Å². The van der Waals surface area contributed by atoms with Crippen molar-refractivity contribution >= 4 is 12.7 Å². The molecule has 96 valence electrons.